The van der Waals surface area contributed by atoms with E-state index < -0.39 is 0 Å². The number of methoxy groups -OCH3 is 1. The number of aromatic nitrogens is 1. The van der Waals surface area contributed by atoms with Crippen LogP contribution in [0.2, 0.25) is 0 Å². The number of ether oxygens (including phenoxy) is 3. The first-order valence-electron chi connectivity index (χ1n) is 17.2. The number of alkyl carbamates (subject to hydrolysis) is 1. The number of esters is 1. The van der Waals surface area contributed by atoms with E-state index in [2.05, 4.69) is 29.1 Å². The van der Waals surface area contributed by atoms with Crippen LogP contribution in [0.5, 0.6) is 0 Å². The van der Waals surface area contributed by atoms with Gasteiger partial charge in [0.15, 0.2) is 11.9 Å². The number of amides is 1. The maximum Gasteiger partial charge on any atom is 0.407 e. The molecule has 1 amide bonds. The summed E-state index contributed by atoms with van der Waals surface area (Å²) in [6.07, 6.45) is 26.4. The SMILES string of the molecule is CCCCCCCCCCCCCCCCCCNC(=O)OCC1OCC1c1cccc[n+]1CCCCCC(=O)OC.[Br-]. The third-order valence-corrected chi connectivity index (χ3v) is 8.48. The molecule has 1 aromatic rings. The molecule has 1 saturated heterocycles. The van der Waals surface area contributed by atoms with Gasteiger partial charge < -0.3 is 36.5 Å². The van der Waals surface area contributed by atoms with Crippen LogP contribution >= 0.6 is 0 Å². The van der Waals surface area contributed by atoms with E-state index in [1.54, 1.807) is 0 Å². The van der Waals surface area contributed by atoms with Crippen LogP contribution in [0.15, 0.2) is 24.4 Å². The Morgan fingerprint density at radius 3 is 1.98 bits per heavy atom. The average molecular weight is 670 g/mol. The molecule has 43 heavy (non-hydrogen) atoms. The highest BCUT2D eigenvalue weighted by molar-refractivity contribution is 5.69. The number of nitrogens with zero attached hydrogens (tertiary/aromatic N) is 1. The fourth-order valence-corrected chi connectivity index (χ4v) is 5.70. The maximum atomic E-state index is 12.2. The molecule has 2 rings (SSSR count). The zero-order valence-corrected chi connectivity index (χ0v) is 28.9. The van der Waals surface area contributed by atoms with E-state index in [0.717, 1.165) is 38.6 Å². The fraction of sp³-hybridized carbons (Fsp3) is 0.800. The number of halogens is 1. The summed E-state index contributed by atoms with van der Waals surface area (Å²) in [6, 6.07) is 6.21. The first-order valence-corrected chi connectivity index (χ1v) is 17.2. The van der Waals surface area contributed by atoms with E-state index in [9.17, 15) is 9.59 Å². The van der Waals surface area contributed by atoms with Gasteiger partial charge in [0.1, 0.15) is 19.3 Å². The Balaban J connectivity index is 0.00000924. The molecule has 1 aromatic heterocycles. The molecule has 0 spiro atoms. The monoisotopic (exact) mass is 668 g/mol. The normalized spacial score (nSPS) is 15.8. The van der Waals surface area contributed by atoms with Gasteiger partial charge in [0, 0.05) is 31.5 Å². The van der Waals surface area contributed by atoms with Crippen LogP contribution in [0.1, 0.15) is 147 Å². The summed E-state index contributed by atoms with van der Waals surface area (Å²) in [4.78, 5) is 23.5. The summed E-state index contributed by atoms with van der Waals surface area (Å²) in [5.41, 5.74) is 1.21. The highest BCUT2D eigenvalue weighted by Gasteiger charge is 2.39. The minimum absolute atomic E-state index is 0. The molecule has 1 aliphatic heterocycles. The summed E-state index contributed by atoms with van der Waals surface area (Å²) >= 11 is 0. The molecule has 0 radical (unpaired) electrons. The Hall–Kier alpha value is -1.67. The Kier molecular flexibility index (Phi) is 24.4. The lowest BCUT2D eigenvalue weighted by Crippen LogP contribution is -3.00. The molecule has 248 valence electrons. The van der Waals surface area contributed by atoms with Gasteiger partial charge in [0.25, 0.3) is 0 Å². The van der Waals surface area contributed by atoms with Crippen molar-refractivity contribution in [2.24, 2.45) is 0 Å². The number of carbonyl (C=O) groups excluding carboxylic acids is 2. The number of aryl methyl sites for hydroxylation is 1. The lowest BCUT2D eigenvalue weighted by atomic mass is 9.93. The van der Waals surface area contributed by atoms with Crippen LogP contribution in [0, 0.1) is 0 Å². The molecule has 7 nitrogen and oxygen atoms in total. The highest BCUT2D eigenvalue weighted by Crippen LogP contribution is 2.29. The molecule has 1 fully saturated rings. The van der Waals surface area contributed by atoms with Gasteiger partial charge >= 0.3 is 12.1 Å². The van der Waals surface area contributed by atoms with Crippen LogP contribution in [0.25, 0.3) is 0 Å². The molecule has 0 bridgehead atoms. The number of carbonyl (C=O) groups is 2. The maximum absolute atomic E-state index is 12.2. The van der Waals surface area contributed by atoms with Crippen molar-refractivity contribution in [3.05, 3.63) is 30.1 Å². The number of hydrogen-bond acceptors (Lipinski definition) is 5. The Labute approximate surface area is 273 Å². The smallest absolute Gasteiger partial charge is 0.407 e. The van der Waals surface area contributed by atoms with E-state index in [1.807, 2.05) is 12.1 Å². The van der Waals surface area contributed by atoms with Gasteiger partial charge in [-0.2, -0.15) is 0 Å². The molecule has 2 atom stereocenters. The number of hydrogen-bond donors (Lipinski definition) is 1. The van der Waals surface area contributed by atoms with Gasteiger partial charge in [-0.3, -0.25) is 4.79 Å². The number of unbranched alkanes of at least 4 members (excludes halogenated alkanes) is 17. The van der Waals surface area contributed by atoms with Gasteiger partial charge in [-0.1, -0.05) is 109 Å². The molecule has 1 N–H and O–H groups in total. The van der Waals surface area contributed by atoms with Crippen LogP contribution in [0.4, 0.5) is 4.79 Å². The zero-order valence-electron chi connectivity index (χ0n) is 27.3. The topological polar surface area (TPSA) is 77.7 Å². The number of pyridine rings is 1. The third-order valence-electron chi connectivity index (χ3n) is 8.48. The van der Waals surface area contributed by atoms with Crippen molar-refractivity contribution in [1.29, 1.82) is 0 Å². The summed E-state index contributed by atoms with van der Waals surface area (Å²) < 4.78 is 18.2. The molecule has 2 heterocycles. The fourth-order valence-electron chi connectivity index (χ4n) is 5.70. The van der Waals surface area contributed by atoms with E-state index >= 15 is 0 Å². The predicted molar refractivity (Wildman–Crippen MR) is 168 cm³/mol. The molecule has 1 aliphatic rings. The zero-order chi connectivity index (χ0) is 30.1. The third kappa shape index (κ3) is 18.7. The van der Waals surface area contributed by atoms with Crippen molar-refractivity contribution >= 4 is 12.1 Å². The van der Waals surface area contributed by atoms with Crippen LogP contribution in [-0.2, 0) is 25.5 Å². The van der Waals surface area contributed by atoms with Crippen molar-refractivity contribution in [2.45, 2.75) is 154 Å². The molecule has 2 unspecified atom stereocenters. The van der Waals surface area contributed by atoms with E-state index in [-0.39, 0.29) is 47.7 Å². The Bertz CT molecular complexity index is 840. The summed E-state index contributed by atoms with van der Waals surface area (Å²) in [6.45, 7) is 4.74. The highest BCUT2D eigenvalue weighted by atomic mass is 79.9. The Morgan fingerprint density at radius 1 is 0.837 bits per heavy atom. The molecular formula is C35H61BrN2O5. The van der Waals surface area contributed by atoms with Crippen molar-refractivity contribution in [1.82, 2.24) is 5.32 Å². The molecule has 8 heteroatoms. The first kappa shape index (κ1) is 39.4. The number of rotatable bonds is 26. The second kappa shape index (κ2) is 26.7. The van der Waals surface area contributed by atoms with Crippen LogP contribution < -0.4 is 26.9 Å². The second-order valence-corrected chi connectivity index (χ2v) is 12.0. The van der Waals surface area contributed by atoms with Crippen molar-refractivity contribution in [3.63, 3.8) is 0 Å². The van der Waals surface area contributed by atoms with E-state index in [1.165, 1.54) is 103 Å². The van der Waals surface area contributed by atoms with E-state index in [4.69, 9.17) is 14.2 Å². The minimum atomic E-state index is -0.350. The summed E-state index contributed by atoms with van der Waals surface area (Å²) in [5.74, 6) is 0.0703. The largest absolute Gasteiger partial charge is 1.00 e. The van der Waals surface area contributed by atoms with Crippen molar-refractivity contribution in [2.75, 3.05) is 26.9 Å². The summed E-state index contributed by atoms with van der Waals surface area (Å²) in [5, 5.41) is 2.90. The second-order valence-electron chi connectivity index (χ2n) is 12.0. The van der Waals surface area contributed by atoms with Gasteiger partial charge in [0.05, 0.1) is 19.6 Å². The van der Waals surface area contributed by atoms with Gasteiger partial charge in [0.2, 0.25) is 0 Å². The first-order chi connectivity index (χ1) is 20.7. The minimum Gasteiger partial charge on any atom is -1.00 e. The summed E-state index contributed by atoms with van der Waals surface area (Å²) in [7, 11) is 1.43. The molecule has 0 saturated carbocycles. The van der Waals surface area contributed by atoms with E-state index in [0.29, 0.717) is 19.6 Å². The molecule has 0 aliphatic carbocycles. The quantitative estimate of drug-likeness (QED) is 0.0836. The average Bonchev–Trinajstić information content (AvgIpc) is 2.98. The van der Waals surface area contributed by atoms with Gasteiger partial charge in [-0.25, -0.2) is 9.36 Å². The van der Waals surface area contributed by atoms with Crippen LogP contribution in [0.3, 0.4) is 0 Å². The van der Waals surface area contributed by atoms with Crippen LogP contribution in [-0.4, -0.2) is 45.0 Å². The lowest BCUT2D eigenvalue weighted by molar-refractivity contribution is -0.707. The van der Waals surface area contributed by atoms with Crippen molar-refractivity contribution in [3.8, 4) is 0 Å². The molecular weight excluding hydrogens is 608 g/mol. The standard InChI is InChI=1S/C35H60N2O5.BrH/c1-3-4-5-6-7-8-9-10-11-12-13-14-15-16-17-21-26-36-35(39)42-30-33-31(29-41-33)32-24-20-23-28-37(32)27-22-18-19-25-34(38)40-2;/h20,23-24,28,31,33H,3-19,21-22,25-27,29-30H2,1-2H3;1H. The Morgan fingerprint density at radius 2 is 1.42 bits per heavy atom. The van der Waals surface area contributed by atoms with Gasteiger partial charge in [-0.15, -0.1) is 0 Å². The number of nitrogens with one attached hydrogen (secondary N) is 1. The lowest BCUT2D eigenvalue weighted by Gasteiger charge is -2.34. The predicted octanol–water partition coefficient (Wildman–Crippen LogP) is 5.18. The van der Waals surface area contributed by atoms with Crippen molar-refractivity contribution < 1.29 is 45.3 Å². The molecule has 0 aromatic carbocycles. The van der Waals surface area contributed by atoms with Gasteiger partial charge in [-0.05, 0) is 19.3 Å².